The molecule has 1 atom stereocenters. The molecule has 8 heteroatoms. The first-order valence-electron chi connectivity index (χ1n) is 8.91. The van der Waals surface area contributed by atoms with Gasteiger partial charge in [0.05, 0.1) is 27.8 Å². The second kappa shape index (κ2) is 8.49. The molecule has 144 valence electrons. The molecular formula is C19H23N3O4S. The van der Waals surface area contributed by atoms with Gasteiger partial charge in [-0.3, -0.25) is 19.8 Å². The number of nitro groups is 1. The van der Waals surface area contributed by atoms with E-state index in [1.165, 1.54) is 6.07 Å². The molecule has 0 saturated carbocycles. The molecule has 1 saturated heterocycles. The fourth-order valence-electron chi connectivity index (χ4n) is 3.47. The number of aryl methyl sites for hydroxylation is 1. The summed E-state index contributed by atoms with van der Waals surface area (Å²) < 4.78 is 5.51. The summed E-state index contributed by atoms with van der Waals surface area (Å²) in [6.45, 7) is 4.02. The average Bonchev–Trinajstić information content (AvgIpc) is 3.32. The molecule has 1 amide bonds. The Kier molecular flexibility index (Phi) is 6.08. The maximum atomic E-state index is 12.6. The van der Waals surface area contributed by atoms with Crippen LogP contribution in [0.15, 0.2) is 30.3 Å². The predicted octanol–water partition coefficient (Wildman–Crippen LogP) is 3.54. The Balaban J connectivity index is 1.77. The van der Waals surface area contributed by atoms with Crippen LogP contribution in [0.3, 0.4) is 0 Å². The zero-order valence-corrected chi connectivity index (χ0v) is 16.3. The van der Waals surface area contributed by atoms with E-state index in [2.05, 4.69) is 10.2 Å². The first kappa shape index (κ1) is 19.3. The number of likely N-dealkylation sites (tertiary alicyclic amines) is 1. The summed E-state index contributed by atoms with van der Waals surface area (Å²) in [5, 5.41) is 14.0. The number of para-hydroxylation sites is 1. The third-order valence-electron chi connectivity index (χ3n) is 4.85. The Labute approximate surface area is 162 Å². The monoisotopic (exact) mass is 389 g/mol. The Bertz CT molecular complexity index is 830. The van der Waals surface area contributed by atoms with Gasteiger partial charge in [-0.25, -0.2) is 0 Å². The average molecular weight is 389 g/mol. The summed E-state index contributed by atoms with van der Waals surface area (Å²) in [4.78, 5) is 26.4. The molecule has 1 aliphatic rings. The predicted molar refractivity (Wildman–Crippen MR) is 105 cm³/mol. The van der Waals surface area contributed by atoms with Crippen molar-refractivity contribution in [2.75, 3.05) is 26.7 Å². The number of nitrogens with one attached hydrogen (secondary N) is 1. The van der Waals surface area contributed by atoms with E-state index in [-0.39, 0.29) is 17.6 Å². The molecule has 1 aliphatic heterocycles. The van der Waals surface area contributed by atoms with Crippen LogP contribution in [0.2, 0.25) is 0 Å². The van der Waals surface area contributed by atoms with Gasteiger partial charge in [-0.1, -0.05) is 18.2 Å². The van der Waals surface area contributed by atoms with Crippen LogP contribution in [0, 0.1) is 17.0 Å². The third kappa shape index (κ3) is 4.28. The summed E-state index contributed by atoms with van der Waals surface area (Å²) in [6.07, 6.45) is 2.27. The number of methoxy groups -OCH3 is 1. The highest BCUT2D eigenvalue weighted by Crippen LogP contribution is 2.32. The molecular weight excluding hydrogens is 366 g/mol. The summed E-state index contributed by atoms with van der Waals surface area (Å²) in [7, 11) is 1.64. The van der Waals surface area contributed by atoms with Gasteiger partial charge in [-0.05, 0) is 38.9 Å². The van der Waals surface area contributed by atoms with Crippen LogP contribution < -0.4 is 10.1 Å². The minimum atomic E-state index is -0.454. The van der Waals surface area contributed by atoms with Crippen LogP contribution in [0.25, 0.3) is 0 Å². The van der Waals surface area contributed by atoms with Crippen molar-refractivity contribution in [3.05, 3.63) is 55.8 Å². The molecule has 0 aliphatic carbocycles. The van der Waals surface area contributed by atoms with E-state index < -0.39 is 4.92 Å². The molecule has 0 bridgehead atoms. The lowest BCUT2D eigenvalue weighted by molar-refractivity contribution is -0.385. The van der Waals surface area contributed by atoms with Gasteiger partial charge in [0, 0.05) is 18.2 Å². The van der Waals surface area contributed by atoms with Gasteiger partial charge in [-0.2, -0.15) is 0 Å². The van der Waals surface area contributed by atoms with Gasteiger partial charge in [0.25, 0.3) is 11.6 Å². The van der Waals surface area contributed by atoms with Crippen LogP contribution in [-0.2, 0) is 0 Å². The molecule has 1 aromatic heterocycles. The molecule has 1 fully saturated rings. The second-order valence-electron chi connectivity index (χ2n) is 6.52. The Morgan fingerprint density at radius 3 is 2.70 bits per heavy atom. The summed E-state index contributed by atoms with van der Waals surface area (Å²) in [6, 6.07) is 9.19. The highest BCUT2D eigenvalue weighted by molar-refractivity contribution is 7.14. The lowest BCUT2D eigenvalue weighted by atomic mass is 10.0. The molecule has 27 heavy (non-hydrogen) atoms. The van der Waals surface area contributed by atoms with Crippen molar-refractivity contribution in [3.63, 3.8) is 0 Å². The first-order valence-corrected chi connectivity index (χ1v) is 9.73. The molecule has 1 aromatic carbocycles. The smallest absolute Gasteiger partial charge is 0.283 e. The number of rotatable bonds is 7. The van der Waals surface area contributed by atoms with Gasteiger partial charge >= 0.3 is 0 Å². The van der Waals surface area contributed by atoms with E-state index in [0.717, 1.165) is 48.6 Å². The Morgan fingerprint density at radius 2 is 2.07 bits per heavy atom. The lowest BCUT2D eigenvalue weighted by Gasteiger charge is -2.29. The van der Waals surface area contributed by atoms with Gasteiger partial charge in [0.15, 0.2) is 0 Å². The number of carbonyl (C=O) groups excluding carboxylic acids is 1. The van der Waals surface area contributed by atoms with E-state index in [1.54, 1.807) is 14.0 Å². The van der Waals surface area contributed by atoms with Gasteiger partial charge in [0.1, 0.15) is 5.75 Å². The number of thiophene rings is 1. The standard InChI is InChI=1S/C19H23N3O4S/c1-13-15(22(24)25)11-18(27-13)19(23)20-12-16(21-9-5-6-10-21)14-7-3-4-8-17(14)26-2/h3-4,7-8,11,16H,5-6,9-10,12H2,1-2H3,(H,20,23). The zero-order chi connectivity index (χ0) is 19.4. The van der Waals surface area contributed by atoms with Crippen molar-refractivity contribution in [1.29, 1.82) is 0 Å². The first-order chi connectivity index (χ1) is 13.0. The molecule has 1 unspecified atom stereocenters. The van der Waals surface area contributed by atoms with Crippen LogP contribution in [-0.4, -0.2) is 42.5 Å². The molecule has 2 aromatic rings. The summed E-state index contributed by atoms with van der Waals surface area (Å²) >= 11 is 1.15. The van der Waals surface area contributed by atoms with Crippen LogP contribution in [0.1, 0.15) is 39.0 Å². The second-order valence-corrected chi connectivity index (χ2v) is 7.78. The summed E-state index contributed by atoms with van der Waals surface area (Å²) in [5.41, 5.74) is 1.03. The third-order valence-corrected chi connectivity index (χ3v) is 5.89. The van der Waals surface area contributed by atoms with E-state index in [1.807, 2.05) is 24.3 Å². The number of benzene rings is 1. The zero-order valence-electron chi connectivity index (χ0n) is 15.4. The van der Waals surface area contributed by atoms with Crippen molar-refractivity contribution in [2.24, 2.45) is 0 Å². The van der Waals surface area contributed by atoms with Gasteiger partial charge < -0.3 is 10.1 Å². The van der Waals surface area contributed by atoms with Gasteiger partial charge in [0.2, 0.25) is 0 Å². The number of hydrogen-bond donors (Lipinski definition) is 1. The molecule has 1 N–H and O–H groups in total. The van der Waals surface area contributed by atoms with Crippen LogP contribution in [0.5, 0.6) is 5.75 Å². The number of ether oxygens (including phenoxy) is 1. The molecule has 2 heterocycles. The maximum Gasteiger partial charge on any atom is 0.283 e. The highest BCUT2D eigenvalue weighted by atomic mass is 32.1. The fraction of sp³-hybridized carbons (Fsp3) is 0.421. The Hall–Kier alpha value is -2.45. The summed E-state index contributed by atoms with van der Waals surface area (Å²) in [5.74, 6) is 0.515. The van der Waals surface area contributed by atoms with E-state index in [0.29, 0.717) is 16.3 Å². The SMILES string of the molecule is COc1ccccc1C(CNC(=O)c1cc([N+](=O)[O-])c(C)s1)N1CCCC1. The van der Waals surface area contributed by atoms with Crippen molar-refractivity contribution >= 4 is 22.9 Å². The van der Waals surface area contributed by atoms with Crippen molar-refractivity contribution in [3.8, 4) is 5.75 Å². The molecule has 0 radical (unpaired) electrons. The number of nitrogens with zero attached hydrogens (tertiary/aromatic N) is 2. The van der Waals surface area contributed by atoms with Gasteiger partial charge in [-0.15, -0.1) is 11.3 Å². The van der Waals surface area contributed by atoms with Crippen molar-refractivity contribution in [1.82, 2.24) is 10.2 Å². The molecule has 7 nitrogen and oxygen atoms in total. The Morgan fingerprint density at radius 1 is 1.37 bits per heavy atom. The molecule has 3 rings (SSSR count). The lowest BCUT2D eigenvalue weighted by Crippen LogP contribution is -2.36. The normalized spacial score (nSPS) is 15.5. The van der Waals surface area contributed by atoms with Crippen LogP contribution in [0.4, 0.5) is 5.69 Å². The van der Waals surface area contributed by atoms with Crippen LogP contribution >= 0.6 is 11.3 Å². The molecule has 0 spiro atoms. The van der Waals surface area contributed by atoms with E-state index >= 15 is 0 Å². The van der Waals surface area contributed by atoms with Crippen molar-refractivity contribution in [2.45, 2.75) is 25.8 Å². The number of carbonyl (C=O) groups is 1. The number of hydrogen-bond acceptors (Lipinski definition) is 6. The minimum Gasteiger partial charge on any atom is -0.496 e. The largest absolute Gasteiger partial charge is 0.496 e. The number of amides is 1. The highest BCUT2D eigenvalue weighted by Gasteiger charge is 2.27. The fourth-order valence-corrected chi connectivity index (χ4v) is 4.38. The topological polar surface area (TPSA) is 84.7 Å². The maximum absolute atomic E-state index is 12.6. The quantitative estimate of drug-likeness (QED) is 0.578. The minimum absolute atomic E-state index is 0.00338. The van der Waals surface area contributed by atoms with E-state index in [9.17, 15) is 14.9 Å². The van der Waals surface area contributed by atoms with Crippen molar-refractivity contribution < 1.29 is 14.5 Å². The van der Waals surface area contributed by atoms with E-state index in [4.69, 9.17) is 4.74 Å².